The molecule has 20 heavy (non-hydrogen) atoms. The van der Waals surface area contributed by atoms with E-state index < -0.39 is 5.97 Å². The predicted octanol–water partition coefficient (Wildman–Crippen LogP) is 4.15. The Morgan fingerprint density at radius 1 is 1.20 bits per heavy atom. The van der Waals surface area contributed by atoms with Crippen molar-refractivity contribution in [2.45, 2.75) is 0 Å². The average Bonchev–Trinajstić information content (AvgIpc) is 2.44. The molecule has 0 saturated heterocycles. The Morgan fingerprint density at radius 2 is 1.95 bits per heavy atom. The fourth-order valence-electron chi connectivity index (χ4n) is 1.60. The van der Waals surface area contributed by atoms with Crippen LogP contribution in [-0.2, 0) is 4.74 Å². The standard InChI is InChI=1S/C14H11Cl2NO3/c1-19-14(18)9-3-2-4-11(17)13(9)20-12-7-8(15)5-6-10(12)16/h2-7H,17H2,1H3. The first-order chi connectivity index (χ1) is 9.52. The summed E-state index contributed by atoms with van der Waals surface area (Å²) in [5.41, 5.74) is 6.35. The molecule has 0 unspecified atom stereocenters. The molecule has 4 nitrogen and oxygen atoms in total. The zero-order valence-corrected chi connectivity index (χ0v) is 12.0. The molecule has 6 heteroatoms. The Balaban J connectivity index is 2.47. The topological polar surface area (TPSA) is 61.5 Å². The van der Waals surface area contributed by atoms with E-state index >= 15 is 0 Å². The van der Waals surface area contributed by atoms with Gasteiger partial charge in [0.15, 0.2) is 5.75 Å². The second kappa shape index (κ2) is 6.03. The Morgan fingerprint density at radius 3 is 2.65 bits per heavy atom. The smallest absolute Gasteiger partial charge is 0.341 e. The summed E-state index contributed by atoms with van der Waals surface area (Å²) in [6.45, 7) is 0. The van der Waals surface area contributed by atoms with Crippen molar-refractivity contribution >= 4 is 34.9 Å². The Hall–Kier alpha value is -1.91. The summed E-state index contributed by atoms with van der Waals surface area (Å²) in [6, 6.07) is 9.56. The minimum atomic E-state index is -0.551. The predicted molar refractivity (Wildman–Crippen MR) is 78.7 cm³/mol. The number of carbonyl (C=O) groups excluding carboxylic acids is 1. The van der Waals surface area contributed by atoms with E-state index in [1.807, 2.05) is 0 Å². The lowest BCUT2D eigenvalue weighted by Crippen LogP contribution is -2.05. The van der Waals surface area contributed by atoms with Gasteiger partial charge >= 0.3 is 5.97 Å². The number of methoxy groups -OCH3 is 1. The van der Waals surface area contributed by atoms with E-state index in [0.717, 1.165) is 0 Å². The van der Waals surface area contributed by atoms with Gasteiger partial charge in [0.1, 0.15) is 11.3 Å². The van der Waals surface area contributed by atoms with Crippen LogP contribution in [0.5, 0.6) is 11.5 Å². The average molecular weight is 312 g/mol. The van der Waals surface area contributed by atoms with Gasteiger partial charge in [-0.2, -0.15) is 0 Å². The zero-order chi connectivity index (χ0) is 14.7. The van der Waals surface area contributed by atoms with Gasteiger partial charge in [-0.25, -0.2) is 4.79 Å². The third-order valence-corrected chi connectivity index (χ3v) is 3.10. The van der Waals surface area contributed by atoms with E-state index in [9.17, 15) is 4.79 Å². The van der Waals surface area contributed by atoms with Crippen LogP contribution in [-0.4, -0.2) is 13.1 Å². The van der Waals surface area contributed by atoms with Crippen LogP contribution in [0.25, 0.3) is 0 Å². The molecule has 2 rings (SSSR count). The normalized spacial score (nSPS) is 10.2. The van der Waals surface area contributed by atoms with Crippen molar-refractivity contribution in [1.29, 1.82) is 0 Å². The van der Waals surface area contributed by atoms with Crippen molar-refractivity contribution in [3.05, 3.63) is 52.0 Å². The fourth-order valence-corrected chi connectivity index (χ4v) is 1.92. The van der Waals surface area contributed by atoms with Crippen LogP contribution >= 0.6 is 23.2 Å². The number of carbonyl (C=O) groups is 1. The molecule has 0 fully saturated rings. The maximum atomic E-state index is 11.7. The van der Waals surface area contributed by atoms with Gasteiger partial charge < -0.3 is 15.2 Å². The quantitative estimate of drug-likeness (QED) is 0.683. The van der Waals surface area contributed by atoms with Crippen LogP contribution in [0.15, 0.2) is 36.4 Å². The molecule has 0 atom stereocenters. The molecule has 104 valence electrons. The molecule has 2 N–H and O–H groups in total. The monoisotopic (exact) mass is 311 g/mol. The highest BCUT2D eigenvalue weighted by molar-refractivity contribution is 6.34. The van der Waals surface area contributed by atoms with Crippen molar-refractivity contribution in [2.24, 2.45) is 0 Å². The third kappa shape index (κ3) is 2.98. The van der Waals surface area contributed by atoms with Crippen LogP contribution in [0.1, 0.15) is 10.4 Å². The van der Waals surface area contributed by atoms with Crippen molar-refractivity contribution in [3.8, 4) is 11.5 Å². The summed E-state index contributed by atoms with van der Waals surface area (Å²) in [4.78, 5) is 11.7. The number of anilines is 1. The first-order valence-electron chi connectivity index (χ1n) is 5.62. The lowest BCUT2D eigenvalue weighted by molar-refractivity contribution is 0.0598. The number of nitrogens with two attached hydrogens (primary N) is 1. The van der Waals surface area contributed by atoms with Gasteiger partial charge in [-0.05, 0) is 24.3 Å². The molecule has 0 aliphatic carbocycles. The number of halogens is 2. The van der Waals surface area contributed by atoms with Crippen molar-refractivity contribution in [3.63, 3.8) is 0 Å². The molecular weight excluding hydrogens is 301 g/mol. The molecule has 0 aliphatic heterocycles. The number of hydrogen-bond donors (Lipinski definition) is 1. The molecule has 0 bridgehead atoms. The van der Waals surface area contributed by atoms with Crippen LogP contribution < -0.4 is 10.5 Å². The van der Waals surface area contributed by atoms with Gasteiger partial charge in [-0.15, -0.1) is 0 Å². The van der Waals surface area contributed by atoms with Gasteiger partial charge in [0.25, 0.3) is 0 Å². The molecule has 0 amide bonds. The molecule has 0 aromatic heterocycles. The highest BCUT2D eigenvalue weighted by Gasteiger charge is 2.17. The third-order valence-electron chi connectivity index (χ3n) is 2.56. The number of para-hydroxylation sites is 1. The number of rotatable bonds is 3. The first kappa shape index (κ1) is 14.5. The number of esters is 1. The van der Waals surface area contributed by atoms with E-state index in [1.165, 1.54) is 13.2 Å². The summed E-state index contributed by atoms with van der Waals surface area (Å²) in [7, 11) is 1.28. The van der Waals surface area contributed by atoms with Gasteiger partial charge in [-0.1, -0.05) is 29.3 Å². The number of hydrogen-bond acceptors (Lipinski definition) is 4. The summed E-state index contributed by atoms with van der Waals surface area (Å²) >= 11 is 11.9. The van der Waals surface area contributed by atoms with Gasteiger partial charge in [0.05, 0.1) is 17.8 Å². The molecule has 2 aromatic carbocycles. The summed E-state index contributed by atoms with van der Waals surface area (Å²) in [6.07, 6.45) is 0. The van der Waals surface area contributed by atoms with Crippen molar-refractivity contribution < 1.29 is 14.3 Å². The summed E-state index contributed by atoms with van der Waals surface area (Å²) < 4.78 is 10.3. The van der Waals surface area contributed by atoms with Gasteiger partial charge in [-0.3, -0.25) is 0 Å². The molecule has 0 heterocycles. The fraction of sp³-hybridized carbons (Fsp3) is 0.0714. The Bertz CT molecular complexity index is 659. The second-order valence-electron chi connectivity index (χ2n) is 3.89. The molecule has 0 saturated carbocycles. The molecule has 2 aromatic rings. The minimum absolute atomic E-state index is 0.184. The molecule has 0 spiro atoms. The largest absolute Gasteiger partial charge is 0.465 e. The SMILES string of the molecule is COC(=O)c1cccc(N)c1Oc1cc(Cl)ccc1Cl. The highest BCUT2D eigenvalue weighted by atomic mass is 35.5. The summed E-state index contributed by atoms with van der Waals surface area (Å²) in [5.74, 6) is -0.0591. The van der Waals surface area contributed by atoms with Crippen molar-refractivity contribution in [1.82, 2.24) is 0 Å². The first-order valence-corrected chi connectivity index (χ1v) is 6.38. The zero-order valence-electron chi connectivity index (χ0n) is 10.5. The van der Waals surface area contributed by atoms with Crippen LogP contribution in [0.4, 0.5) is 5.69 Å². The Kier molecular flexibility index (Phi) is 4.37. The van der Waals surface area contributed by atoms with E-state index in [2.05, 4.69) is 0 Å². The lowest BCUT2D eigenvalue weighted by atomic mass is 10.1. The molecule has 0 aliphatic rings. The number of nitrogen functional groups attached to an aromatic ring is 1. The van der Waals surface area contributed by atoms with E-state index in [0.29, 0.717) is 21.5 Å². The number of benzene rings is 2. The van der Waals surface area contributed by atoms with E-state index in [-0.39, 0.29) is 11.3 Å². The van der Waals surface area contributed by atoms with Gasteiger partial charge in [0.2, 0.25) is 0 Å². The van der Waals surface area contributed by atoms with Crippen LogP contribution in [0.3, 0.4) is 0 Å². The van der Waals surface area contributed by atoms with E-state index in [1.54, 1.807) is 30.3 Å². The Labute approximate surface area is 126 Å². The maximum Gasteiger partial charge on any atom is 0.341 e. The van der Waals surface area contributed by atoms with Gasteiger partial charge in [0, 0.05) is 11.1 Å². The van der Waals surface area contributed by atoms with Crippen LogP contribution in [0.2, 0.25) is 10.0 Å². The minimum Gasteiger partial charge on any atom is -0.465 e. The van der Waals surface area contributed by atoms with E-state index in [4.69, 9.17) is 38.4 Å². The molecule has 0 radical (unpaired) electrons. The maximum absolute atomic E-state index is 11.7. The number of ether oxygens (including phenoxy) is 2. The second-order valence-corrected chi connectivity index (χ2v) is 4.74. The summed E-state index contributed by atoms with van der Waals surface area (Å²) in [5, 5.41) is 0.812. The van der Waals surface area contributed by atoms with Crippen LogP contribution in [0, 0.1) is 0 Å². The van der Waals surface area contributed by atoms with Crippen molar-refractivity contribution in [2.75, 3.05) is 12.8 Å². The molecular formula is C14H11Cl2NO3. The lowest BCUT2D eigenvalue weighted by Gasteiger charge is -2.13. The highest BCUT2D eigenvalue weighted by Crippen LogP contribution is 2.36.